The van der Waals surface area contributed by atoms with Gasteiger partial charge >= 0.3 is 6.09 Å². The van der Waals surface area contributed by atoms with Crippen LogP contribution in [0.15, 0.2) is 54.6 Å². The van der Waals surface area contributed by atoms with Crippen molar-refractivity contribution in [3.8, 4) is 6.07 Å². The van der Waals surface area contributed by atoms with E-state index in [2.05, 4.69) is 6.07 Å². The molecule has 2 heterocycles. The first-order valence-corrected chi connectivity index (χ1v) is 9.84. The van der Waals surface area contributed by atoms with Gasteiger partial charge in [0.15, 0.2) is 0 Å². The van der Waals surface area contributed by atoms with E-state index < -0.39 is 5.60 Å². The molecule has 2 unspecified atom stereocenters. The van der Waals surface area contributed by atoms with Crippen molar-refractivity contribution in [1.29, 1.82) is 5.26 Å². The van der Waals surface area contributed by atoms with E-state index in [9.17, 15) is 9.90 Å². The van der Waals surface area contributed by atoms with E-state index >= 15 is 0 Å². The van der Waals surface area contributed by atoms with E-state index in [1.54, 1.807) is 4.90 Å². The highest BCUT2D eigenvalue weighted by atomic mass is 16.6. The van der Waals surface area contributed by atoms with Crippen LogP contribution in [0, 0.1) is 11.3 Å². The van der Waals surface area contributed by atoms with Crippen molar-refractivity contribution in [3.63, 3.8) is 0 Å². The zero-order chi connectivity index (χ0) is 20.3. The Kier molecular flexibility index (Phi) is 5.52. The number of amides is 1. The van der Waals surface area contributed by atoms with Gasteiger partial charge in [-0.1, -0.05) is 54.6 Å². The number of carbonyl (C=O) groups excluding carboxylic acids is 1. The fourth-order valence-corrected chi connectivity index (χ4v) is 4.33. The summed E-state index contributed by atoms with van der Waals surface area (Å²) in [6, 6.07) is 18.7. The largest absolute Gasteiger partial charge is 0.445 e. The molecule has 150 valence electrons. The Balaban J connectivity index is 1.47. The van der Waals surface area contributed by atoms with Crippen molar-refractivity contribution in [2.45, 2.75) is 43.6 Å². The molecule has 6 nitrogen and oxygen atoms in total. The fraction of sp³-hybridized carbons (Fsp3) is 0.391. The summed E-state index contributed by atoms with van der Waals surface area (Å²) in [5.74, 6) is 0. The molecule has 2 saturated heterocycles. The molecule has 29 heavy (non-hydrogen) atoms. The van der Waals surface area contributed by atoms with Crippen LogP contribution in [-0.4, -0.2) is 41.4 Å². The summed E-state index contributed by atoms with van der Waals surface area (Å²) in [4.78, 5) is 14.5. The number of hydrogen-bond donors (Lipinski definition) is 1. The minimum Gasteiger partial charge on any atom is -0.445 e. The number of ether oxygens (including phenoxy) is 2. The summed E-state index contributed by atoms with van der Waals surface area (Å²) in [7, 11) is 0. The molecule has 0 radical (unpaired) electrons. The highest BCUT2D eigenvalue weighted by molar-refractivity contribution is 5.69. The number of piperidine rings is 1. The second kappa shape index (κ2) is 8.24. The van der Waals surface area contributed by atoms with Crippen LogP contribution >= 0.6 is 0 Å². The lowest BCUT2D eigenvalue weighted by atomic mass is 9.77. The summed E-state index contributed by atoms with van der Waals surface area (Å²) >= 11 is 0. The monoisotopic (exact) mass is 392 g/mol. The molecule has 2 aliphatic rings. The molecule has 2 aromatic rings. The molecule has 1 amide bonds. The van der Waals surface area contributed by atoms with E-state index in [1.165, 1.54) is 0 Å². The van der Waals surface area contributed by atoms with Gasteiger partial charge in [-0.2, -0.15) is 5.26 Å². The zero-order valence-corrected chi connectivity index (χ0v) is 16.2. The molecule has 1 N–H and O–H groups in total. The van der Waals surface area contributed by atoms with Gasteiger partial charge in [-0.25, -0.2) is 4.79 Å². The lowest BCUT2D eigenvalue weighted by Crippen LogP contribution is -2.62. The van der Waals surface area contributed by atoms with Gasteiger partial charge in [-0.3, -0.25) is 4.90 Å². The molecule has 2 fully saturated rings. The lowest BCUT2D eigenvalue weighted by Gasteiger charge is -2.51. The summed E-state index contributed by atoms with van der Waals surface area (Å²) in [6.07, 6.45) is 0.764. The van der Waals surface area contributed by atoms with Crippen molar-refractivity contribution in [2.24, 2.45) is 0 Å². The van der Waals surface area contributed by atoms with E-state index in [0.717, 1.165) is 16.7 Å². The topological polar surface area (TPSA) is 82.8 Å². The van der Waals surface area contributed by atoms with Crippen LogP contribution in [-0.2, 0) is 28.1 Å². The third-order valence-corrected chi connectivity index (χ3v) is 5.74. The van der Waals surface area contributed by atoms with Gasteiger partial charge in [-0.15, -0.1) is 0 Å². The number of nitrogens with zero attached hydrogens (tertiary/aromatic N) is 2. The van der Waals surface area contributed by atoms with E-state index in [0.29, 0.717) is 32.5 Å². The summed E-state index contributed by atoms with van der Waals surface area (Å²) in [6.45, 7) is 0.985. The molecule has 4 rings (SSSR count). The van der Waals surface area contributed by atoms with Gasteiger partial charge in [-0.05, 0) is 16.7 Å². The van der Waals surface area contributed by atoms with Gasteiger partial charge in [0.05, 0.1) is 43.4 Å². The first-order chi connectivity index (χ1) is 14.1. The van der Waals surface area contributed by atoms with E-state index in [1.807, 2.05) is 54.6 Å². The zero-order valence-electron chi connectivity index (χ0n) is 16.2. The van der Waals surface area contributed by atoms with Crippen molar-refractivity contribution in [1.82, 2.24) is 4.90 Å². The molecule has 0 aromatic heterocycles. The molecule has 0 aliphatic carbocycles. The Labute approximate surface area is 170 Å². The molecule has 2 atom stereocenters. The van der Waals surface area contributed by atoms with Crippen LogP contribution in [0.4, 0.5) is 4.79 Å². The maximum atomic E-state index is 12.8. The second-order valence-corrected chi connectivity index (χ2v) is 7.76. The van der Waals surface area contributed by atoms with Gasteiger partial charge in [0.1, 0.15) is 6.61 Å². The highest BCUT2D eigenvalue weighted by Crippen LogP contribution is 2.41. The van der Waals surface area contributed by atoms with Crippen molar-refractivity contribution < 1.29 is 19.4 Å². The minimum atomic E-state index is -1.03. The Morgan fingerprint density at radius 2 is 1.76 bits per heavy atom. The summed E-state index contributed by atoms with van der Waals surface area (Å²) in [5.41, 5.74) is 1.65. The number of aliphatic hydroxyl groups is 1. The molecule has 2 bridgehead atoms. The number of nitriles is 1. The Morgan fingerprint density at radius 1 is 1.10 bits per heavy atom. The molecular weight excluding hydrogens is 368 g/mol. The van der Waals surface area contributed by atoms with Crippen molar-refractivity contribution in [2.75, 3.05) is 13.2 Å². The van der Waals surface area contributed by atoms with Crippen LogP contribution < -0.4 is 0 Å². The van der Waals surface area contributed by atoms with E-state index in [4.69, 9.17) is 14.7 Å². The fourth-order valence-electron chi connectivity index (χ4n) is 4.33. The number of fused-ring (bicyclic) bond motifs is 2. The number of carbonyl (C=O) groups is 1. The quantitative estimate of drug-likeness (QED) is 0.864. The van der Waals surface area contributed by atoms with Gasteiger partial charge in [0.25, 0.3) is 0 Å². The van der Waals surface area contributed by atoms with Crippen LogP contribution in [0.5, 0.6) is 0 Å². The number of benzene rings is 2. The first-order valence-electron chi connectivity index (χ1n) is 9.84. The van der Waals surface area contributed by atoms with Crippen molar-refractivity contribution >= 4 is 6.09 Å². The smallest absolute Gasteiger partial charge is 0.410 e. The maximum Gasteiger partial charge on any atom is 0.410 e. The molecule has 0 saturated carbocycles. The number of rotatable bonds is 4. The predicted octanol–water partition coefficient (Wildman–Crippen LogP) is 3.14. The lowest BCUT2D eigenvalue weighted by molar-refractivity contribution is -0.136. The predicted molar refractivity (Wildman–Crippen MR) is 106 cm³/mol. The third kappa shape index (κ3) is 4.12. The standard InChI is InChI=1S/C23H24N2O4/c24-11-10-17-6-8-19(9-7-17)23(27)12-20-15-28-16-21(13-23)25(20)22(26)29-14-18-4-2-1-3-5-18/h1-9,20-21,27H,10,12-16H2. The molecular formula is C23H24N2O4. The van der Waals surface area contributed by atoms with Crippen LogP contribution in [0.3, 0.4) is 0 Å². The Bertz CT molecular complexity index is 877. The average Bonchev–Trinajstić information content (AvgIpc) is 2.73. The summed E-state index contributed by atoms with van der Waals surface area (Å²) < 4.78 is 11.2. The van der Waals surface area contributed by atoms with Crippen LogP contribution in [0.25, 0.3) is 0 Å². The van der Waals surface area contributed by atoms with Crippen LogP contribution in [0.1, 0.15) is 29.5 Å². The third-order valence-electron chi connectivity index (χ3n) is 5.74. The molecule has 6 heteroatoms. The van der Waals surface area contributed by atoms with Crippen LogP contribution in [0.2, 0.25) is 0 Å². The SMILES string of the molecule is N#CCc1ccc(C2(O)CC3COCC(C2)N3C(=O)OCc2ccccc2)cc1. The number of morpholine rings is 1. The molecule has 0 spiro atoms. The maximum absolute atomic E-state index is 12.8. The molecule has 2 aliphatic heterocycles. The van der Waals surface area contributed by atoms with Gasteiger partial charge in [0.2, 0.25) is 0 Å². The van der Waals surface area contributed by atoms with Gasteiger partial charge < -0.3 is 14.6 Å². The molecule has 2 aromatic carbocycles. The van der Waals surface area contributed by atoms with Crippen molar-refractivity contribution in [3.05, 3.63) is 71.3 Å². The average molecular weight is 392 g/mol. The minimum absolute atomic E-state index is 0.223. The second-order valence-electron chi connectivity index (χ2n) is 7.76. The summed E-state index contributed by atoms with van der Waals surface area (Å²) in [5, 5.41) is 20.2. The van der Waals surface area contributed by atoms with E-state index in [-0.39, 0.29) is 24.8 Å². The normalized spacial score (nSPS) is 25.9. The number of hydrogen-bond acceptors (Lipinski definition) is 5. The first kappa shape index (κ1) is 19.4. The highest BCUT2D eigenvalue weighted by Gasteiger charge is 2.49. The van der Waals surface area contributed by atoms with Gasteiger partial charge in [0, 0.05) is 12.8 Å². The Morgan fingerprint density at radius 3 is 2.38 bits per heavy atom. The Hall–Kier alpha value is -2.88.